The van der Waals surface area contributed by atoms with Gasteiger partial charge in [-0.1, -0.05) is 23.2 Å². The van der Waals surface area contributed by atoms with Crippen LogP contribution >= 0.6 is 39.1 Å². The van der Waals surface area contributed by atoms with Gasteiger partial charge < -0.3 is 15.4 Å². The highest BCUT2D eigenvalue weighted by Crippen LogP contribution is 2.35. The lowest BCUT2D eigenvalue weighted by Gasteiger charge is -2.23. The van der Waals surface area contributed by atoms with Gasteiger partial charge >= 0.3 is 0 Å². The molecule has 7 heteroatoms. The number of halogens is 3. The van der Waals surface area contributed by atoms with Crippen LogP contribution in [0.15, 0.2) is 16.6 Å². The number of carbonyl (C=O) groups is 1. The molecule has 0 aliphatic carbocycles. The van der Waals surface area contributed by atoms with Crippen LogP contribution in [0.2, 0.25) is 10.0 Å². The quantitative estimate of drug-likeness (QED) is 0.807. The topological polar surface area (TPSA) is 50.4 Å². The predicted octanol–water partition coefficient (Wildman–Crippen LogP) is 3.07. The van der Waals surface area contributed by atoms with E-state index in [1.54, 1.807) is 12.1 Å². The Morgan fingerprint density at radius 2 is 2.26 bits per heavy atom. The molecule has 4 nitrogen and oxygen atoms in total. The summed E-state index contributed by atoms with van der Waals surface area (Å²) in [6.07, 6.45) is 0.337. The van der Waals surface area contributed by atoms with E-state index in [2.05, 4.69) is 26.6 Å². The molecule has 0 spiro atoms. The summed E-state index contributed by atoms with van der Waals surface area (Å²) < 4.78 is 5.99. The first kappa shape index (κ1) is 15.1. The van der Waals surface area contributed by atoms with Gasteiger partial charge in [0.15, 0.2) is 0 Å². The van der Waals surface area contributed by atoms with Crippen molar-refractivity contribution in [3.63, 3.8) is 0 Å². The number of hydrogen-bond acceptors (Lipinski definition) is 3. The second-order valence-electron chi connectivity index (χ2n) is 4.20. The van der Waals surface area contributed by atoms with Crippen molar-refractivity contribution in [2.75, 3.05) is 25.1 Å². The van der Waals surface area contributed by atoms with E-state index in [0.717, 1.165) is 6.54 Å². The van der Waals surface area contributed by atoms with Crippen molar-refractivity contribution < 1.29 is 9.53 Å². The van der Waals surface area contributed by atoms with Crippen LogP contribution in [-0.2, 0) is 9.53 Å². The number of anilines is 1. The highest BCUT2D eigenvalue weighted by molar-refractivity contribution is 9.10. The normalized spacial score (nSPS) is 19.2. The molecule has 1 aromatic rings. The van der Waals surface area contributed by atoms with Gasteiger partial charge in [-0.25, -0.2) is 0 Å². The van der Waals surface area contributed by atoms with Crippen molar-refractivity contribution in [1.29, 1.82) is 0 Å². The average molecular weight is 368 g/mol. The zero-order valence-corrected chi connectivity index (χ0v) is 13.1. The monoisotopic (exact) mass is 366 g/mol. The minimum atomic E-state index is -0.122. The summed E-state index contributed by atoms with van der Waals surface area (Å²) in [5.74, 6) is -0.122. The highest BCUT2D eigenvalue weighted by Gasteiger charge is 2.18. The fourth-order valence-electron chi connectivity index (χ4n) is 1.80. The Hall–Kier alpha value is -0.330. The first-order valence-corrected chi connectivity index (χ1v) is 7.37. The van der Waals surface area contributed by atoms with Gasteiger partial charge in [-0.05, 0) is 28.1 Å². The second-order valence-corrected chi connectivity index (χ2v) is 5.81. The molecule has 0 radical (unpaired) electrons. The Morgan fingerprint density at radius 1 is 1.47 bits per heavy atom. The van der Waals surface area contributed by atoms with E-state index in [4.69, 9.17) is 27.9 Å². The van der Waals surface area contributed by atoms with Crippen molar-refractivity contribution in [1.82, 2.24) is 5.32 Å². The summed E-state index contributed by atoms with van der Waals surface area (Å²) in [5, 5.41) is 6.69. The lowest BCUT2D eigenvalue weighted by molar-refractivity contribution is -0.117. The van der Waals surface area contributed by atoms with Gasteiger partial charge in [-0.15, -0.1) is 0 Å². The van der Waals surface area contributed by atoms with E-state index >= 15 is 0 Å². The van der Waals surface area contributed by atoms with Crippen LogP contribution in [0.1, 0.15) is 6.42 Å². The van der Waals surface area contributed by atoms with Gasteiger partial charge in [0.2, 0.25) is 5.91 Å². The van der Waals surface area contributed by atoms with Gasteiger partial charge in [0, 0.05) is 23.5 Å². The standard InChI is InChI=1S/C12H13BrCl2N2O2/c13-8-1-2-9(12(15)11(8)14)17-10(18)5-7-6-19-4-3-16-7/h1-2,7,16H,3-6H2,(H,17,18). The zero-order chi connectivity index (χ0) is 13.8. The molecule has 1 fully saturated rings. The van der Waals surface area contributed by atoms with Gasteiger partial charge in [-0.3, -0.25) is 4.79 Å². The van der Waals surface area contributed by atoms with Gasteiger partial charge in [0.1, 0.15) is 0 Å². The van der Waals surface area contributed by atoms with Crippen LogP contribution in [0.3, 0.4) is 0 Å². The average Bonchev–Trinajstić information content (AvgIpc) is 2.41. The Kier molecular flexibility index (Phi) is 5.47. The Morgan fingerprint density at radius 3 is 2.95 bits per heavy atom. The van der Waals surface area contributed by atoms with Crippen molar-refractivity contribution >= 4 is 50.7 Å². The molecule has 1 aliphatic rings. The number of benzene rings is 1. The zero-order valence-electron chi connectivity index (χ0n) is 10.0. The molecule has 1 aliphatic heterocycles. The first-order valence-electron chi connectivity index (χ1n) is 5.82. The Balaban J connectivity index is 1.97. The maximum absolute atomic E-state index is 11.9. The number of hydrogen-bond donors (Lipinski definition) is 2. The SMILES string of the molecule is O=C(CC1COCCN1)Nc1ccc(Br)c(Cl)c1Cl. The number of carbonyl (C=O) groups excluding carboxylic acids is 1. The largest absolute Gasteiger partial charge is 0.378 e. The maximum atomic E-state index is 11.9. The lowest BCUT2D eigenvalue weighted by Crippen LogP contribution is -2.43. The number of nitrogens with one attached hydrogen (secondary N) is 2. The molecule has 0 bridgehead atoms. The van der Waals surface area contributed by atoms with Gasteiger partial charge in [0.05, 0.1) is 28.9 Å². The Labute approximate surface area is 129 Å². The van der Waals surface area contributed by atoms with E-state index in [1.165, 1.54) is 0 Å². The maximum Gasteiger partial charge on any atom is 0.226 e. The molecule has 104 valence electrons. The predicted molar refractivity (Wildman–Crippen MR) is 80.0 cm³/mol. The van der Waals surface area contributed by atoms with Crippen LogP contribution in [-0.4, -0.2) is 31.7 Å². The van der Waals surface area contributed by atoms with Crippen molar-refractivity contribution in [3.8, 4) is 0 Å². The van der Waals surface area contributed by atoms with Crippen LogP contribution in [0.5, 0.6) is 0 Å². The smallest absolute Gasteiger partial charge is 0.226 e. The molecule has 1 unspecified atom stereocenters. The molecule has 1 amide bonds. The second kappa shape index (κ2) is 6.90. The third-order valence-corrected chi connectivity index (χ3v) is 4.51. The summed E-state index contributed by atoms with van der Waals surface area (Å²) in [6, 6.07) is 3.49. The van der Waals surface area contributed by atoms with E-state index in [9.17, 15) is 4.79 Å². The molecule has 2 N–H and O–H groups in total. The summed E-state index contributed by atoms with van der Waals surface area (Å²) in [6.45, 7) is 2.00. The molecule has 0 aromatic heterocycles. The molecule has 0 saturated carbocycles. The van der Waals surface area contributed by atoms with Crippen LogP contribution in [0.4, 0.5) is 5.69 Å². The van der Waals surface area contributed by atoms with E-state index in [1.807, 2.05) is 0 Å². The van der Waals surface area contributed by atoms with Crippen molar-refractivity contribution in [2.45, 2.75) is 12.5 Å². The molecular weight excluding hydrogens is 355 g/mol. The van der Waals surface area contributed by atoms with E-state index in [-0.39, 0.29) is 11.9 Å². The molecule has 1 saturated heterocycles. The minimum Gasteiger partial charge on any atom is -0.378 e. The van der Waals surface area contributed by atoms with Gasteiger partial charge in [-0.2, -0.15) is 0 Å². The fourth-order valence-corrected chi connectivity index (χ4v) is 2.62. The van der Waals surface area contributed by atoms with Crippen LogP contribution in [0, 0.1) is 0 Å². The number of rotatable bonds is 3. The van der Waals surface area contributed by atoms with Crippen LogP contribution in [0.25, 0.3) is 0 Å². The lowest BCUT2D eigenvalue weighted by atomic mass is 10.2. The third-order valence-electron chi connectivity index (χ3n) is 2.74. The van der Waals surface area contributed by atoms with E-state index in [0.29, 0.717) is 39.8 Å². The van der Waals surface area contributed by atoms with Gasteiger partial charge in [0.25, 0.3) is 0 Å². The highest BCUT2D eigenvalue weighted by atomic mass is 79.9. The molecule has 1 aromatic carbocycles. The van der Waals surface area contributed by atoms with Crippen molar-refractivity contribution in [2.24, 2.45) is 0 Å². The summed E-state index contributed by atoms with van der Waals surface area (Å²) in [7, 11) is 0. The number of amides is 1. The van der Waals surface area contributed by atoms with Crippen molar-refractivity contribution in [3.05, 3.63) is 26.7 Å². The fraction of sp³-hybridized carbons (Fsp3) is 0.417. The molecule has 1 heterocycles. The molecular formula is C12H13BrCl2N2O2. The Bertz CT molecular complexity index is 479. The third kappa shape index (κ3) is 4.07. The molecule has 19 heavy (non-hydrogen) atoms. The molecule has 2 rings (SSSR count). The summed E-state index contributed by atoms with van der Waals surface area (Å²) in [5.41, 5.74) is 0.511. The molecule has 1 atom stereocenters. The van der Waals surface area contributed by atoms with Crippen LogP contribution < -0.4 is 10.6 Å². The summed E-state index contributed by atoms with van der Waals surface area (Å²) >= 11 is 15.3. The van der Waals surface area contributed by atoms with E-state index < -0.39 is 0 Å². The number of morpholine rings is 1. The minimum absolute atomic E-state index is 0.0402. The number of ether oxygens (including phenoxy) is 1. The first-order chi connectivity index (χ1) is 9.08. The summed E-state index contributed by atoms with van der Waals surface area (Å²) in [4.78, 5) is 11.9.